The van der Waals surface area contributed by atoms with Crippen molar-refractivity contribution in [2.24, 2.45) is 0 Å². The van der Waals surface area contributed by atoms with Crippen molar-refractivity contribution in [3.8, 4) is 0 Å². The van der Waals surface area contributed by atoms with E-state index in [9.17, 15) is 9.59 Å². The second-order valence-corrected chi connectivity index (χ2v) is 5.79. The summed E-state index contributed by atoms with van der Waals surface area (Å²) < 4.78 is 0. The fourth-order valence-corrected chi connectivity index (χ4v) is 2.04. The van der Waals surface area contributed by atoms with Gasteiger partial charge in [-0.05, 0) is 0 Å². The summed E-state index contributed by atoms with van der Waals surface area (Å²) in [6, 6.07) is 0. The average Bonchev–Trinajstić information content (AvgIpc) is 2.37. The Morgan fingerprint density at radius 3 is 2.80 bits per heavy atom. The summed E-state index contributed by atoms with van der Waals surface area (Å²) in [5, 5.41) is 11.3. The number of carbonyl (C=O) groups is 2. The summed E-state index contributed by atoms with van der Waals surface area (Å²) >= 11 is 7.14. The molecule has 0 saturated carbocycles. The zero-order valence-corrected chi connectivity index (χ0v) is 12.8. The molecule has 0 aliphatic heterocycles. The number of rotatable bonds is 7. The second-order valence-electron chi connectivity index (χ2n) is 4.28. The van der Waals surface area contributed by atoms with E-state index in [1.807, 2.05) is 13.8 Å². The third kappa shape index (κ3) is 5.34. The van der Waals surface area contributed by atoms with Crippen molar-refractivity contribution < 1.29 is 14.7 Å². The van der Waals surface area contributed by atoms with Gasteiger partial charge in [0.2, 0.25) is 0 Å². The van der Waals surface area contributed by atoms with Gasteiger partial charge in [-0.2, -0.15) is 0 Å². The topological polar surface area (TPSA) is 92.2 Å². The number of hydrogen-bond acceptors (Lipinski definition) is 5. The van der Waals surface area contributed by atoms with E-state index in [4.69, 9.17) is 16.7 Å². The quantitative estimate of drug-likeness (QED) is 0.745. The van der Waals surface area contributed by atoms with Crippen molar-refractivity contribution >= 4 is 35.2 Å². The molecule has 1 heterocycles. The molecule has 2 N–H and O–H groups in total. The number of amides is 1. The number of carboxylic acids is 1. The van der Waals surface area contributed by atoms with Crippen LogP contribution in [0, 0.1) is 0 Å². The maximum absolute atomic E-state index is 11.9. The summed E-state index contributed by atoms with van der Waals surface area (Å²) in [5.74, 6) is -0.0684. The Hall–Kier alpha value is -1.34. The first kappa shape index (κ1) is 16.7. The second kappa shape index (κ2) is 8.06. The number of aliphatic carboxylic acids is 1. The highest BCUT2D eigenvalue weighted by molar-refractivity contribution is 7.99. The average molecular weight is 318 g/mol. The van der Waals surface area contributed by atoms with Gasteiger partial charge in [-0.3, -0.25) is 9.59 Å². The molecule has 0 unspecified atom stereocenters. The largest absolute Gasteiger partial charge is 0.481 e. The van der Waals surface area contributed by atoms with Gasteiger partial charge < -0.3 is 10.4 Å². The zero-order valence-electron chi connectivity index (χ0n) is 11.2. The van der Waals surface area contributed by atoms with E-state index in [0.29, 0.717) is 18.1 Å². The standard InChI is InChI=1S/C12H16ClN3O3S/c1-7(2)11-15-5-8(13)10(16-11)12(19)14-3-4-20-6-9(17)18/h5,7H,3-4,6H2,1-2H3,(H,14,19)(H,17,18). The van der Waals surface area contributed by atoms with Crippen LogP contribution in [0.25, 0.3) is 0 Å². The summed E-state index contributed by atoms with van der Waals surface area (Å²) in [5.41, 5.74) is 0.147. The van der Waals surface area contributed by atoms with Crippen molar-refractivity contribution in [1.29, 1.82) is 0 Å². The van der Waals surface area contributed by atoms with Crippen LogP contribution < -0.4 is 5.32 Å². The summed E-state index contributed by atoms with van der Waals surface area (Å²) in [6.45, 7) is 4.20. The molecule has 1 aromatic rings. The highest BCUT2D eigenvalue weighted by atomic mass is 35.5. The molecule has 6 nitrogen and oxygen atoms in total. The first-order valence-electron chi connectivity index (χ1n) is 6.02. The van der Waals surface area contributed by atoms with Crippen LogP contribution in [0.2, 0.25) is 5.02 Å². The van der Waals surface area contributed by atoms with Crippen molar-refractivity contribution in [2.45, 2.75) is 19.8 Å². The number of carbonyl (C=O) groups excluding carboxylic acids is 1. The van der Waals surface area contributed by atoms with Crippen LogP contribution in [0.4, 0.5) is 0 Å². The molecule has 0 fully saturated rings. The number of nitrogens with zero attached hydrogens (tertiary/aromatic N) is 2. The fraction of sp³-hybridized carbons (Fsp3) is 0.500. The molecule has 110 valence electrons. The van der Waals surface area contributed by atoms with Crippen molar-refractivity contribution in [2.75, 3.05) is 18.1 Å². The molecular weight excluding hydrogens is 302 g/mol. The lowest BCUT2D eigenvalue weighted by molar-refractivity contribution is -0.133. The number of halogens is 1. The molecule has 1 rings (SSSR count). The molecule has 0 radical (unpaired) electrons. The number of aromatic nitrogens is 2. The number of nitrogens with one attached hydrogen (secondary N) is 1. The first-order valence-corrected chi connectivity index (χ1v) is 7.55. The van der Waals surface area contributed by atoms with Gasteiger partial charge in [-0.15, -0.1) is 11.8 Å². The molecule has 0 saturated heterocycles. The van der Waals surface area contributed by atoms with E-state index in [1.165, 1.54) is 18.0 Å². The minimum atomic E-state index is -0.873. The predicted octanol–water partition coefficient (Wildman–Crippen LogP) is 1.80. The Balaban J connectivity index is 2.54. The van der Waals surface area contributed by atoms with E-state index in [1.54, 1.807) is 0 Å². The number of carboxylic acid groups (broad SMARTS) is 1. The zero-order chi connectivity index (χ0) is 15.1. The lowest BCUT2D eigenvalue weighted by Gasteiger charge is -2.08. The van der Waals surface area contributed by atoms with E-state index >= 15 is 0 Å². The third-order valence-corrected chi connectivity index (χ3v) is 3.47. The van der Waals surface area contributed by atoms with Crippen LogP contribution in [-0.2, 0) is 4.79 Å². The molecule has 0 spiro atoms. The first-order chi connectivity index (χ1) is 9.41. The lowest BCUT2D eigenvalue weighted by atomic mass is 10.2. The number of hydrogen-bond donors (Lipinski definition) is 2. The molecule has 0 bridgehead atoms. The lowest BCUT2D eigenvalue weighted by Crippen LogP contribution is -2.27. The Morgan fingerprint density at radius 1 is 1.50 bits per heavy atom. The Kier molecular flexibility index (Phi) is 6.74. The molecule has 20 heavy (non-hydrogen) atoms. The van der Waals surface area contributed by atoms with Gasteiger partial charge in [0.1, 0.15) is 11.5 Å². The van der Waals surface area contributed by atoms with E-state index < -0.39 is 5.97 Å². The maximum Gasteiger partial charge on any atom is 0.313 e. The summed E-state index contributed by atoms with van der Waals surface area (Å²) in [7, 11) is 0. The van der Waals surface area contributed by atoms with E-state index in [0.717, 1.165) is 0 Å². The Labute approximate surface area is 126 Å². The van der Waals surface area contributed by atoms with E-state index in [-0.39, 0.29) is 28.3 Å². The summed E-state index contributed by atoms with van der Waals surface area (Å²) in [6.07, 6.45) is 1.41. The minimum Gasteiger partial charge on any atom is -0.481 e. The molecule has 0 atom stereocenters. The van der Waals surface area contributed by atoms with Gasteiger partial charge in [0.15, 0.2) is 0 Å². The SMILES string of the molecule is CC(C)c1ncc(Cl)c(C(=O)NCCSCC(=O)O)n1. The van der Waals surface area contributed by atoms with Crippen LogP contribution in [0.15, 0.2) is 6.20 Å². The number of thioether (sulfide) groups is 1. The minimum absolute atomic E-state index is 0.0155. The third-order valence-electron chi connectivity index (χ3n) is 2.25. The molecule has 0 aliphatic carbocycles. The molecule has 0 aliphatic rings. The van der Waals surface area contributed by atoms with Crippen LogP contribution in [0.1, 0.15) is 36.1 Å². The van der Waals surface area contributed by atoms with E-state index in [2.05, 4.69) is 15.3 Å². The Bertz CT molecular complexity index is 497. The van der Waals surface area contributed by atoms with Crippen molar-refractivity contribution in [3.63, 3.8) is 0 Å². The molecule has 1 aromatic heterocycles. The molecule has 0 aromatic carbocycles. The molecular formula is C12H16ClN3O3S. The van der Waals surface area contributed by atoms with Crippen LogP contribution in [-0.4, -0.2) is 45.0 Å². The van der Waals surface area contributed by atoms with Crippen molar-refractivity contribution in [3.05, 3.63) is 22.7 Å². The normalized spacial score (nSPS) is 10.6. The fourth-order valence-electron chi connectivity index (χ4n) is 1.30. The van der Waals surface area contributed by atoms with Crippen LogP contribution >= 0.6 is 23.4 Å². The maximum atomic E-state index is 11.9. The van der Waals surface area contributed by atoms with Gasteiger partial charge in [-0.25, -0.2) is 9.97 Å². The van der Waals surface area contributed by atoms with Gasteiger partial charge in [-0.1, -0.05) is 25.4 Å². The van der Waals surface area contributed by atoms with Gasteiger partial charge in [0.05, 0.1) is 17.0 Å². The smallest absolute Gasteiger partial charge is 0.313 e. The van der Waals surface area contributed by atoms with Crippen LogP contribution in [0.5, 0.6) is 0 Å². The molecule has 8 heteroatoms. The van der Waals surface area contributed by atoms with Crippen LogP contribution in [0.3, 0.4) is 0 Å². The highest BCUT2D eigenvalue weighted by Crippen LogP contribution is 2.16. The predicted molar refractivity (Wildman–Crippen MR) is 78.4 cm³/mol. The van der Waals surface area contributed by atoms with Crippen molar-refractivity contribution in [1.82, 2.24) is 15.3 Å². The van der Waals surface area contributed by atoms with Gasteiger partial charge in [0, 0.05) is 18.2 Å². The monoisotopic (exact) mass is 317 g/mol. The molecule has 1 amide bonds. The summed E-state index contributed by atoms with van der Waals surface area (Å²) in [4.78, 5) is 30.4. The van der Waals surface area contributed by atoms with Gasteiger partial charge in [0.25, 0.3) is 5.91 Å². The Morgan fingerprint density at radius 2 is 2.20 bits per heavy atom. The van der Waals surface area contributed by atoms with Gasteiger partial charge >= 0.3 is 5.97 Å². The highest BCUT2D eigenvalue weighted by Gasteiger charge is 2.15.